The zero-order valence-corrected chi connectivity index (χ0v) is 9.02. The van der Waals surface area contributed by atoms with E-state index in [4.69, 9.17) is 5.73 Å². The van der Waals surface area contributed by atoms with Crippen molar-refractivity contribution in [3.8, 4) is 0 Å². The summed E-state index contributed by atoms with van der Waals surface area (Å²) in [7, 11) is 1.38. The molecule has 2 N–H and O–H groups in total. The van der Waals surface area contributed by atoms with E-state index in [0.717, 1.165) is 6.42 Å². The minimum atomic E-state index is -0.778. The number of halogens is 1. The van der Waals surface area contributed by atoms with Crippen LogP contribution in [0.15, 0.2) is 0 Å². The first-order chi connectivity index (χ1) is 5.56. The van der Waals surface area contributed by atoms with Crippen LogP contribution in [0.25, 0.3) is 0 Å². The molecule has 1 saturated carbocycles. The molecule has 0 amide bonds. The van der Waals surface area contributed by atoms with E-state index in [1.807, 2.05) is 0 Å². The van der Waals surface area contributed by atoms with Crippen molar-refractivity contribution in [2.45, 2.75) is 38.1 Å². The summed E-state index contributed by atoms with van der Waals surface area (Å²) in [6.07, 6.45) is 4.47. The Morgan fingerprint density at radius 1 is 1.62 bits per heavy atom. The fraction of sp³-hybridized carbons (Fsp3) is 0.889. The van der Waals surface area contributed by atoms with Gasteiger partial charge in [-0.25, -0.2) is 0 Å². The van der Waals surface area contributed by atoms with E-state index in [-0.39, 0.29) is 18.4 Å². The average Bonchev–Trinajstić information content (AvgIpc) is 1.95. The third kappa shape index (κ3) is 3.16. The molecule has 0 aliphatic heterocycles. The number of ether oxygens (including phenoxy) is 1. The van der Waals surface area contributed by atoms with Crippen molar-refractivity contribution in [1.82, 2.24) is 0 Å². The highest BCUT2D eigenvalue weighted by molar-refractivity contribution is 5.85. The van der Waals surface area contributed by atoms with Crippen LogP contribution in [0.1, 0.15) is 32.6 Å². The fourth-order valence-electron chi connectivity index (χ4n) is 1.61. The maximum Gasteiger partial charge on any atom is 0.325 e. The number of rotatable bonds is 3. The summed E-state index contributed by atoms with van der Waals surface area (Å²) in [6, 6.07) is 0. The first kappa shape index (κ1) is 12.7. The van der Waals surface area contributed by atoms with E-state index >= 15 is 0 Å². The van der Waals surface area contributed by atoms with Gasteiger partial charge in [-0.05, 0) is 19.3 Å². The lowest BCUT2D eigenvalue weighted by Gasteiger charge is -2.32. The molecule has 0 radical (unpaired) electrons. The Hall–Kier alpha value is -0.280. The zero-order chi connectivity index (χ0) is 9.19. The van der Waals surface area contributed by atoms with Crippen LogP contribution in [0, 0.1) is 5.92 Å². The van der Waals surface area contributed by atoms with Crippen molar-refractivity contribution >= 4 is 18.4 Å². The van der Waals surface area contributed by atoms with Gasteiger partial charge in [0, 0.05) is 0 Å². The van der Waals surface area contributed by atoms with Crippen LogP contribution >= 0.6 is 12.4 Å². The third-order valence-corrected chi connectivity index (χ3v) is 2.59. The third-order valence-electron chi connectivity index (χ3n) is 2.59. The molecule has 1 aliphatic rings. The standard InChI is InChI=1S/C9H17NO2.ClH/c1-9(10,8(11)12-2)6-7-4-3-5-7;/h7H,3-6,10H2,1-2H3;1H. The van der Waals surface area contributed by atoms with Gasteiger partial charge in [-0.15, -0.1) is 12.4 Å². The van der Waals surface area contributed by atoms with Gasteiger partial charge in [0.25, 0.3) is 0 Å². The van der Waals surface area contributed by atoms with Crippen molar-refractivity contribution in [2.24, 2.45) is 11.7 Å². The molecule has 0 spiro atoms. The SMILES string of the molecule is COC(=O)C(C)(N)CC1CCC1.Cl. The molecule has 1 aliphatic carbocycles. The molecule has 1 atom stereocenters. The first-order valence-electron chi connectivity index (χ1n) is 4.43. The van der Waals surface area contributed by atoms with Gasteiger partial charge in [-0.1, -0.05) is 19.3 Å². The van der Waals surface area contributed by atoms with Gasteiger partial charge >= 0.3 is 5.97 Å². The Morgan fingerprint density at radius 2 is 2.15 bits per heavy atom. The van der Waals surface area contributed by atoms with Gasteiger partial charge in [0.2, 0.25) is 0 Å². The highest BCUT2D eigenvalue weighted by Crippen LogP contribution is 2.33. The molecule has 1 unspecified atom stereocenters. The van der Waals surface area contributed by atoms with Gasteiger partial charge in [0.05, 0.1) is 7.11 Å². The topological polar surface area (TPSA) is 52.3 Å². The quantitative estimate of drug-likeness (QED) is 0.714. The van der Waals surface area contributed by atoms with E-state index in [1.54, 1.807) is 6.92 Å². The smallest absolute Gasteiger partial charge is 0.325 e. The Kier molecular flexibility index (Phi) is 4.71. The van der Waals surface area contributed by atoms with E-state index in [2.05, 4.69) is 4.74 Å². The van der Waals surface area contributed by atoms with Crippen LogP contribution in [0.2, 0.25) is 0 Å². The van der Waals surface area contributed by atoms with E-state index in [9.17, 15) is 4.79 Å². The van der Waals surface area contributed by atoms with Crippen LogP contribution in [0.5, 0.6) is 0 Å². The molecule has 78 valence electrons. The van der Waals surface area contributed by atoms with Gasteiger partial charge in [-0.2, -0.15) is 0 Å². The van der Waals surface area contributed by atoms with Gasteiger partial charge in [0.15, 0.2) is 0 Å². The summed E-state index contributed by atoms with van der Waals surface area (Å²) in [6.45, 7) is 1.75. The van der Waals surface area contributed by atoms with Crippen LogP contribution in [-0.2, 0) is 9.53 Å². The molecular formula is C9H18ClNO2. The minimum Gasteiger partial charge on any atom is -0.468 e. The Labute approximate surface area is 85.4 Å². The molecule has 4 heteroatoms. The van der Waals surface area contributed by atoms with Crippen molar-refractivity contribution in [3.63, 3.8) is 0 Å². The second-order valence-electron chi connectivity index (χ2n) is 3.91. The summed E-state index contributed by atoms with van der Waals surface area (Å²) in [4.78, 5) is 11.2. The fourth-order valence-corrected chi connectivity index (χ4v) is 1.61. The molecule has 1 fully saturated rings. The maximum absolute atomic E-state index is 11.2. The van der Waals surface area contributed by atoms with Gasteiger partial charge in [-0.3, -0.25) is 4.79 Å². The zero-order valence-electron chi connectivity index (χ0n) is 8.21. The predicted octanol–water partition coefficient (Wildman–Crippen LogP) is 1.49. The highest BCUT2D eigenvalue weighted by atomic mass is 35.5. The molecule has 13 heavy (non-hydrogen) atoms. The molecule has 1 rings (SSSR count). The predicted molar refractivity (Wildman–Crippen MR) is 53.8 cm³/mol. The van der Waals surface area contributed by atoms with Crippen LogP contribution in [0.3, 0.4) is 0 Å². The first-order valence-corrected chi connectivity index (χ1v) is 4.43. The Bertz CT molecular complexity index is 178. The van der Waals surface area contributed by atoms with Gasteiger partial charge in [0.1, 0.15) is 5.54 Å². The average molecular weight is 208 g/mol. The van der Waals surface area contributed by atoms with Crippen LogP contribution in [-0.4, -0.2) is 18.6 Å². The van der Waals surface area contributed by atoms with E-state index in [0.29, 0.717) is 5.92 Å². The molecule has 0 aromatic rings. The van der Waals surface area contributed by atoms with Crippen molar-refractivity contribution in [3.05, 3.63) is 0 Å². The second kappa shape index (κ2) is 4.82. The molecular weight excluding hydrogens is 190 g/mol. The number of nitrogens with two attached hydrogens (primary N) is 1. The van der Waals surface area contributed by atoms with Gasteiger partial charge < -0.3 is 10.5 Å². The number of esters is 1. The summed E-state index contributed by atoms with van der Waals surface area (Å²) < 4.78 is 4.62. The molecule has 3 nitrogen and oxygen atoms in total. The summed E-state index contributed by atoms with van der Waals surface area (Å²) >= 11 is 0. The lowest BCUT2D eigenvalue weighted by Crippen LogP contribution is -2.47. The van der Waals surface area contributed by atoms with Crippen molar-refractivity contribution in [1.29, 1.82) is 0 Å². The maximum atomic E-state index is 11.2. The number of hydrogen-bond donors (Lipinski definition) is 1. The highest BCUT2D eigenvalue weighted by Gasteiger charge is 2.34. The van der Waals surface area contributed by atoms with E-state index < -0.39 is 5.54 Å². The largest absolute Gasteiger partial charge is 0.468 e. The minimum absolute atomic E-state index is 0. The van der Waals surface area contributed by atoms with Crippen molar-refractivity contribution < 1.29 is 9.53 Å². The molecule has 0 saturated heterocycles. The summed E-state index contributed by atoms with van der Waals surface area (Å²) in [5, 5.41) is 0. The molecule has 0 bridgehead atoms. The summed E-state index contributed by atoms with van der Waals surface area (Å²) in [5.41, 5.74) is 5.03. The normalized spacial score (nSPS) is 20.8. The van der Waals surface area contributed by atoms with Crippen molar-refractivity contribution in [2.75, 3.05) is 7.11 Å². The van der Waals surface area contributed by atoms with E-state index in [1.165, 1.54) is 26.4 Å². The lowest BCUT2D eigenvalue weighted by atomic mass is 9.77. The molecule has 0 aromatic heterocycles. The second-order valence-corrected chi connectivity index (χ2v) is 3.91. The Morgan fingerprint density at radius 3 is 2.46 bits per heavy atom. The number of hydrogen-bond acceptors (Lipinski definition) is 3. The van der Waals surface area contributed by atoms with Crippen LogP contribution in [0.4, 0.5) is 0 Å². The molecule has 0 aromatic carbocycles. The lowest BCUT2D eigenvalue weighted by molar-refractivity contribution is -0.147. The summed E-state index contributed by atoms with van der Waals surface area (Å²) in [5.74, 6) is 0.341. The van der Waals surface area contributed by atoms with Crippen LogP contribution < -0.4 is 5.73 Å². The number of methoxy groups -OCH3 is 1. The Balaban J connectivity index is 0.00000144. The monoisotopic (exact) mass is 207 g/mol. The molecule has 0 heterocycles. The number of carbonyl (C=O) groups is 1. The number of carbonyl (C=O) groups excluding carboxylic acids is 1.